The van der Waals surface area contributed by atoms with Crippen molar-refractivity contribution in [2.75, 3.05) is 19.8 Å². The van der Waals surface area contributed by atoms with Crippen LogP contribution in [0.1, 0.15) is 27.0 Å². The number of nitrogens with two attached hydrogens (primary N) is 1. The van der Waals surface area contributed by atoms with Crippen molar-refractivity contribution in [3.63, 3.8) is 0 Å². The number of carbonyl (C=O) groups excluding carboxylic acids is 1. The van der Waals surface area contributed by atoms with E-state index < -0.39 is 11.6 Å². The normalized spacial score (nSPS) is 13.4. The second-order valence-electron chi connectivity index (χ2n) is 11.0. The van der Waals surface area contributed by atoms with Crippen molar-refractivity contribution in [1.82, 2.24) is 9.56 Å². The van der Waals surface area contributed by atoms with E-state index in [2.05, 4.69) is 91.5 Å². The second kappa shape index (κ2) is 12.9. The molecule has 8 nitrogen and oxygen atoms in total. The molecule has 1 aliphatic carbocycles. The fraction of sp³-hybridized carbons (Fsp3) is 0.0882. The Kier molecular flexibility index (Phi) is 9.33. The Labute approximate surface area is 318 Å². The smallest absolute Gasteiger partial charge is 0.340 e. The maximum absolute atomic E-state index is 12.8. The van der Waals surface area contributed by atoms with Crippen LogP contribution in [0.2, 0.25) is 0 Å². The van der Waals surface area contributed by atoms with E-state index in [0.29, 0.717) is 22.3 Å². The van der Waals surface area contributed by atoms with E-state index in [1.54, 1.807) is 47.7 Å². The van der Waals surface area contributed by atoms with Gasteiger partial charge in [-0.1, -0.05) is 61.6 Å². The standard InChI is InChI=1S/C20H8Br4O5.C14H13N3S.ClH/c21-11-5-9-17(13(23)15(11)25)28-18-10(6-12(22)16(26)14(18)24)20(9)8-4-2-1-3-7(8)19(27)29-20;1-17(2)10-4-6-12-14(8-10)18-13-7-9(15)3-5-11(13)16-12;/h1-6,25-26H;3-8,15H,1-2H3;1H/p-2. The van der Waals surface area contributed by atoms with Crippen LogP contribution in [-0.2, 0) is 10.3 Å². The highest BCUT2D eigenvalue weighted by atomic mass is 79.9. The number of halogens is 5. The monoisotopic (exact) mass is 933 g/mol. The fourth-order valence-electron chi connectivity index (χ4n) is 5.66. The van der Waals surface area contributed by atoms with Crippen molar-refractivity contribution in [2.24, 2.45) is 0 Å². The molecule has 14 heteroatoms. The minimum absolute atomic E-state index is 0. The topological polar surface area (TPSA) is 124 Å². The molecule has 244 valence electrons. The highest BCUT2D eigenvalue weighted by Gasteiger charge is 2.54. The highest BCUT2D eigenvalue weighted by Crippen LogP contribution is 2.62. The van der Waals surface area contributed by atoms with E-state index in [9.17, 15) is 15.0 Å². The number of nitrogen functional groups attached to an aromatic ring is 1. The van der Waals surface area contributed by atoms with Gasteiger partial charge >= 0.3 is 5.97 Å². The van der Waals surface area contributed by atoms with Crippen molar-refractivity contribution in [3.05, 3.63) is 118 Å². The predicted molar refractivity (Wildman–Crippen MR) is 192 cm³/mol. The summed E-state index contributed by atoms with van der Waals surface area (Å²) in [5.74, 6) is -0.766. The first-order chi connectivity index (χ1) is 22.4. The lowest BCUT2D eigenvalue weighted by atomic mass is 9.77. The quantitative estimate of drug-likeness (QED) is 0.103. The second-order valence-corrected chi connectivity index (χ2v) is 15.3. The van der Waals surface area contributed by atoms with E-state index in [1.165, 1.54) is 10.2 Å². The van der Waals surface area contributed by atoms with Gasteiger partial charge in [0.25, 0.3) is 0 Å². The van der Waals surface area contributed by atoms with Crippen molar-refractivity contribution in [3.8, 4) is 33.6 Å². The first-order valence-corrected chi connectivity index (χ1v) is 17.9. The number of nitrogens with zero attached hydrogens (tertiary/aromatic N) is 2. The van der Waals surface area contributed by atoms with Crippen LogP contribution in [0.5, 0.6) is 23.0 Å². The summed E-state index contributed by atoms with van der Waals surface area (Å²) in [6, 6.07) is 22.4. The number of ether oxygens (including phenoxy) is 2. The number of rotatable bonds is 0. The molecular formula is C34H20Br4ClN3O5S-2. The summed E-state index contributed by atoms with van der Waals surface area (Å²) in [5, 5.41) is 26.2. The van der Waals surface area contributed by atoms with E-state index in [1.807, 2.05) is 32.3 Å². The van der Waals surface area contributed by atoms with Gasteiger partial charge in [-0.25, -0.2) is 14.4 Å². The van der Waals surface area contributed by atoms with Crippen LogP contribution in [0.4, 0.5) is 5.69 Å². The fourth-order valence-corrected chi connectivity index (χ4v) is 9.11. The number of aromatic nitrogens is 1. The molecule has 3 aliphatic heterocycles. The van der Waals surface area contributed by atoms with Crippen LogP contribution in [-0.4, -0.2) is 25.0 Å². The Balaban J connectivity index is 0.000000182. The Morgan fingerprint density at radius 2 is 1.46 bits per heavy atom. The largest absolute Gasteiger partial charge is 1.00 e. The van der Waals surface area contributed by atoms with Gasteiger partial charge in [0.2, 0.25) is 5.36 Å². The molecule has 3 heterocycles. The lowest BCUT2D eigenvalue weighted by molar-refractivity contribution is -0.271. The molecule has 0 unspecified atom stereocenters. The summed E-state index contributed by atoms with van der Waals surface area (Å²) in [7, 11) is 4.08. The molecule has 4 aliphatic rings. The Hall–Kier alpha value is -3.20. The van der Waals surface area contributed by atoms with E-state index in [0.717, 1.165) is 21.6 Å². The molecule has 2 N–H and O–H groups in total. The summed E-state index contributed by atoms with van der Waals surface area (Å²) in [4.78, 5) is 18.6. The number of benzene rings is 5. The Bertz CT molecular complexity index is 2300. The van der Waals surface area contributed by atoms with Gasteiger partial charge in [0.15, 0.2) is 5.60 Å². The number of fused-ring (bicyclic) bond motifs is 8. The maximum atomic E-state index is 12.8. The van der Waals surface area contributed by atoms with Crippen LogP contribution in [0.15, 0.2) is 90.7 Å². The van der Waals surface area contributed by atoms with Crippen molar-refractivity contribution in [1.29, 1.82) is 0 Å². The van der Waals surface area contributed by atoms with Crippen LogP contribution in [0.3, 0.4) is 0 Å². The summed E-state index contributed by atoms with van der Waals surface area (Å²) in [5.41, 5.74) is 9.20. The van der Waals surface area contributed by atoms with Crippen LogP contribution < -0.4 is 43.0 Å². The Morgan fingerprint density at radius 3 is 2.08 bits per heavy atom. The van der Waals surface area contributed by atoms with Gasteiger partial charge in [-0.15, -0.1) is 11.3 Å². The van der Waals surface area contributed by atoms with E-state index in [4.69, 9.17) is 15.2 Å². The van der Waals surface area contributed by atoms with E-state index >= 15 is 0 Å². The zero-order valence-corrected chi connectivity index (χ0v) is 32.7. The third-order valence-corrected chi connectivity index (χ3v) is 11.6. The molecule has 48 heavy (non-hydrogen) atoms. The number of anilines is 1. The molecule has 8 rings (SSSR count). The lowest BCUT2D eigenvalue weighted by Gasteiger charge is -2.39. The summed E-state index contributed by atoms with van der Waals surface area (Å²) in [6.07, 6.45) is 0. The first-order valence-electron chi connectivity index (χ1n) is 13.9. The lowest BCUT2D eigenvalue weighted by Crippen LogP contribution is -3.00. The minimum atomic E-state index is -1.38. The van der Waals surface area contributed by atoms with Gasteiger partial charge in [-0.2, -0.15) is 0 Å². The molecule has 0 saturated carbocycles. The maximum Gasteiger partial charge on any atom is 0.340 e. The number of hydrogen-bond donors (Lipinski definition) is 1. The SMILES string of the molecule is C[N+](C)=c1ccc2nc3ccc(N)cc3sc-2c1.O=C1OC2(c3ccccc31)c1cc(Br)c([O-])c(Br)c1Oc1c2cc(Br)c([O-])c1Br.[Cl-]. The number of esters is 1. The molecule has 0 aromatic heterocycles. The van der Waals surface area contributed by atoms with E-state index in [-0.39, 0.29) is 53.3 Å². The average molecular weight is 938 g/mol. The Morgan fingerprint density at radius 1 is 0.833 bits per heavy atom. The van der Waals surface area contributed by atoms with Gasteiger partial charge < -0.3 is 37.8 Å². The zero-order chi connectivity index (χ0) is 33.4. The van der Waals surface area contributed by atoms with Crippen molar-refractivity contribution in [2.45, 2.75) is 5.60 Å². The molecule has 0 fully saturated rings. The van der Waals surface area contributed by atoms with Gasteiger partial charge in [-0.3, -0.25) is 0 Å². The number of carbonyl (C=O) groups is 1. The van der Waals surface area contributed by atoms with Gasteiger partial charge in [0, 0.05) is 43.5 Å². The minimum Gasteiger partial charge on any atom is -1.00 e. The highest BCUT2D eigenvalue weighted by molar-refractivity contribution is 9.11. The molecule has 0 amide bonds. The molecule has 0 bridgehead atoms. The third kappa shape index (κ3) is 5.48. The van der Waals surface area contributed by atoms with Crippen LogP contribution in [0.25, 0.3) is 20.8 Å². The molecular weight excluding hydrogens is 918 g/mol. The van der Waals surface area contributed by atoms with Gasteiger partial charge in [0.05, 0.1) is 35.3 Å². The number of hydrogen-bond acceptors (Lipinski definition) is 8. The molecule has 4 aromatic rings. The molecule has 0 radical (unpaired) electrons. The molecule has 0 saturated heterocycles. The molecule has 1 spiro atoms. The van der Waals surface area contributed by atoms with Crippen LogP contribution in [0, 0.1) is 0 Å². The van der Waals surface area contributed by atoms with Gasteiger partial charge in [0.1, 0.15) is 25.6 Å². The average Bonchev–Trinajstić information content (AvgIpc) is 3.35. The summed E-state index contributed by atoms with van der Waals surface area (Å²) < 4.78 is 16.1. The molecule has 4 aromatic carbocycles. The van der Waals surface area contributed by atoms with Gasteiger partial charge in [-0.05, 0) is 74.3 Å². The third-order valence-electron chi connectivity index (χ3n) is 7.90. The predicted octanol–water partition coefficient (Wildman–Crippen LogP) is 4.47. The van der Waals surface area contributed by atoms with Crippen molar-refractivity contribution >= 4 is 96.9 Å². The summed E-state index contributed by atoms with van der Waals surface area (Å²) >= 11 is 14.9. The van der Waals surface area contributed by atoms with Crippen molar-refractivity contribution < 1.29 is 36.9 Å². The molecule has 0 atom stereocenters. The van der Waals surface area contributed by atoms with Crippen LogP contribution >= 0.6 is 75.1 Å². The zero-order valence-electron chi connectivity index (χ0n) is 24.7. The summed E-state index contributed by atoms with van der Waals surface area (Å²) in [6.45, 7) is 0. The first kappa shape index (κ1) is 34.7.